The lowest BCUT2D eigenvalue weighted by molar-refractivity contribution is -0.132. The molecule has 1 aliphatic rings. The summed E-state index contributed by atoms with van der Waals surface area (Å²) in [5.74, 6) is 0.102. The first-order valence-electron chi connectivity index (χ1n) is 8.89. The Morgan fingerprint density at radius 1 is 1.27 bits per heavy atom. The van der Waals surface area contributed by atoms with Gasteiger partial charge in [-0.1, -0.05) is 29.8 Å². The molecule has 2 aromatic heterocycles. The number of aromatic nitrogens is 2. The van der Waals surface area contributed by atoms with E-state index < -0.39 is 0 Å². The zero-order chi connectivity index (χ0) is 18.1. The van der Waals surface area contributed by atoms with Gasteiger partial charge in [-0.3, -0.25) is 14.2 Å². The highest BCUT2D eigenvalue weighted by Gasteiger charge is 2.32. The van der Waals surface area contributed by atoms with Gasteiger partial charge in [-0.05, 0) is 36.8 Å². The number of carbonyl (C=O) groups excluding carboxylic acids is 1. The number of hydrogen-bond acceptors (Lipinski definition) is 4. The van der Waals surface area contributed by atoms with E-state index in [2.05, 4.69) is 36.2 Å². The van der Waals surface area contributed by atoms with Crippen LogP contribution in [-0.4, -0.2) is 26.4 Å². The molecular weight excluding hydrogens is 346 g/mol. The summed E-state index contributed by atoms with van der Waals surface area (Å²) >= 11 is 1.45. The monoisotopic (exact) mass is 367 g/mol. The molecule has 4 rings (SSSR count). The Morgan fingerprint density at radius 3 is 2.77 bits per heavy atom. The Bertz CT molecular complexity index is 986. The average molecular weight is 367 g/mol. The number of nitrogens with zero attached hydrogens (tertiary/aromatic N) is 3. The van der Waals surface area contributed by atoms with Gasteiger partial charge < -0.3 is 4.90 Å². The molecule has 5 nitrogen and oxygen atoms in total. The third-order valence-corrected chi connectivity index (χ3v) is 5.62. The minimum absolute atomic E-state index is 0.0689. The minimum atomic E-state index is -0.0689. The third kappa shape index (κ3) is 3.55. The molecule has 134 valence electrons. The minimum Gasteiger partial charge on any atom is -0.335 e. The van der Waals surface area contributed by atoms with Crippen LogP contribution in [0.5, 0.6) is 0 Å². The molecule has 2 heterocycles. The fraction of sp³-hybridized carbons (Fsp3) is 0.350. The molecule has 0 spiro atoms. The molecule has 0 N–H and O–H groups in total. The fourth-order valence-electron chi connectivity index (χ4n) is 3.11. The number of rotatable bonds is 6. The first-order chi connectivity index (χ1) is 12.6. The van der Waals surface area contributed by atoms with Crippen LogP contribution in [0.25, 0.3) is 10.2 Å². The molecule has 0 radical (unpaired) electrons. The SMILES string of the molecule is Cc1ccc(CN(C(=O)CCn2cnc3sccc3c2=O)C2CC2)cc1. The number of aryl methyl sites for hydroxylation is 2. The molecule has 26 heavy (non-hydrogen) atoms. The standard InChI is InChI=1S/C20H21N3O2S/c1-14-2-4-15(5-3-14)12-23(16-6-7-16)18(24)8-10-22-13-21-19-17(20(22)25)9-11-26-19/h2-5,9,11,13,16H,6-8,10,12H2,1H3. The predicted octanol–water partition coefficient (Wildman–Crippen LogP) is 3.35. The molecule has 1 aliphatic carbocycles. The maximum Gasteiger partial charge on any atom is 0.262 e. The van der Waals surface area contributed by atoms with E-state index in [4.69, 9.17) is 0 Å². The summed E-state index contributed by atoms with van der Waals surface area (Å²) in [5, 5.41) is 2.49. The molecular formula is C20H21N3O2S. The summed E-state index contributed by atoms with van der Waals surface area (Å²) in [5.41, 5.74) is 2.30. The van der Waals surface area contributed by atoms with E-state index >= 15 is 0 Å². The molecule has 0 saturated heterocycles. The molecule has 6 heteroatoms. The lowest BCUT2D eigenvalue weighted by atomic mass is 10.1. The van der Waals surface area contributed by atoms with Crippen LogP contribution in [-0.2, 0) is 17.9 Å². The number of thiophene rings is 1. The number of amides is 1. The molecule has 0 bridgehead atoms. The van der Waals surface area contributed by atoms with Crippen molar-refractivity contribution in [3.8, 4) is 0 Å². The Morgan fingerprint density at radius 2 is 2.04 bits per heavy atom. The normalized spacial score (nSPS) is 13.9. The van der Waals surface area contributed by atoms with E-state index in [9.17, 15) is 9.59 Å². The summed E-state index contributed by atoms with van der Waals surface area (Å²) in [7, 11) is 0. The van der Waals surface area contributed by atoms with E-state index in [1.165, 1.54) is 16.9 Å². The van der Waals surface area contributed by atoms with Crippen LogP contribution in [0, 0.1) is 6.92 Å². The molecule has 1 fully saturated rings. The molecule has 1 aromatic carbocycles. The second-order valence-electron chi connectivity index (χ2n) is 6.87. The molecule has 0 atom stereocenters. The fourth-order valence-corrected chi connectivity index (χ4v) is 3.83. The van der Waals surface area contributed by atoms with Gasteiger partial charge in [0, 0.05) is 25.6 Å². The van der Waals surface area contributed by atoms with Crippen molar-refractivity contribution in [3.05, 3.63) is 63.5 Å². The second-order valence-corrected chi connectivity index (χ2v) is 7.77. The lowest BCUT2D eigenvalue weighted by Crippen LogP contribution is -2.34. The Labute approximate surface area is 155 Å². The van der Waals surface area contributed by atoms with Crippen molar-refractivity contribution in [2.75, 3.05) is 0 Å². The van der Waals surface area contributed by atoms with Gasteiger partial charge in [-0.2, -0.15) is 0 Å². The Hall–Kier alpha value is -2.47. The number of carbonyl (C=O) groups is 1. The largest absolute Gasteiger partial charge is 0.335 e. The smallest absolute Gasteiger partial charge is 0.262 e. The zero-order valence-electron chi connectivity index (χ0n) is 14.7. The van der Waals surface area contributed by atoms with Gasteiger partial charge in [0.05, 0.1) is 11.7 Å². The second kappa shape index (κ2) is 7.03. The van der Waals surface area contributed by atoms with Gasteiger partial charge in [0.25, 0.3) is 5.56 Å². The van der Waals surface area contributed by atoms with Crippen LogP contribution in [0.4, 0.5) is 0 Å². The summed E-state index contributed by atoms with van der Waals surface area (Å²) in [6.45, 7) is 3.07. The van der Waals surface area contributed by atoms with E-state index in [0.29, 0.717) is 30.9 Å². The summed E-state index contributed by atoms with van der Waals surface area (Å²) in [4.78, 5) is 32.2. The van der Waals surface area contributed by atoms with Gasteiger partial charge in [0.15, 0.2) is 0 Å². The quantitative estimate of drug-likeness (QED) is 0.671. The van der Waals surface area contributed by atoms with E-state index in [-0.39, 0.29) is 11.5 Å². The third-order valence-electron chi connectivity index (χ3n) is 4.80. The zero-order valence-corrected chi connectivity index (χ0v) is 15.5. The summed E-state index contributed by atoms with van der Waals surface area (Å²) in [6, 6.07) is 10.5. The van der Waals surface area contributed by atoms with Gasteiger partial charge in [0.1, 0.15) is 4.83 Å². The van der Waals surface area contributed by atoms with Crippen molar-refractivity contribution < 1.29 is 4.79 Å². The van der Waals surface area contributed by atoms with Crippen molar-refractivity contribution in [3.63, 3.8) is 0 Å². The highest BCUT2D eigenvalue weighted by molar-refractivity contribution is 7.16. The highest BCUT2D eigenvalue weighted by Crippen LogP contribution is 2.29. The molecule has 0 unspecified atom stereocenters. The van der Waals surface area contributed by atoms with Crippen molar-refractivity contribution >= 4 is 27.5 Å². The van der Waals surface area contributed by atoms with Crippen molar-refractivity contribution in [1.29, 1.82) is 0 Å². The molecule has 3 aromatic rings. The van der Waals surface area contributed by atoms with Gasteiger partial charge in [-0.25, -0.2) is 4.98 Å². The lowest BCUT2D eigenvalue weighted by Gasteiger charge is -2.23. The summed E-state index contributed by atoms with van der Waals surface area (Å²) in [6.07, 6.45) is 4.01. The Balaban J connectivity index is 1.45. The maximum absolute atomic E-state index is 12.8. The van der Waals surface area contributed by atoms with Crippen molar-refractivity contribution in [1.82, 2.24) is 14.5 Å². The molecule has 0 aliphatic heterocycles. The Kier molecular flexibility index (Phi) is 4.59. The van der Waals surface area contributed by atoms with Crippen LogP contribution >= 0.6 is 11.3 Å². The van der Waals surface area contributed by atoms with Crippen LogP contribution in [0.3, 0.4) is 0 Å². The van der Waals surface area contributed by atoms with Crippen LogP contribution in [0.15, 0.2) is 46.8 Å². The van der Waals surface area contributed by atoms with Gasteiger partial charge in [0.2, 0.25) is 5.91 Å². The number of benzene rings is 1. The first kappa shape index (κ1) is 17.0. The predicted molar refractivity (Wildman–Crippen MR) is 103 cm³/mol. The van der Waals surface area contributed by atoms with E-state index in [1.54, 1.807) is 17.0 Å². The highest BCUT2D eigenvalue weighted by atomic mass is 32.1. The van der Waals surface area contributed by atoms with Crippen LogP contribution < -0.4 is 5.56 Å². The topological polar surface area (TPSA) is 55.2 Å². The maximum atomic E-state index is 12.8. The van der Waals surface area contributed by atoms with E-state index in [1.807, 2.05) is 10.3 Å². The van der Waals surface area contributed by atoms with Crippen LogP contribution in [0.2, 0.25) is 0 Å². The first-order valence-corrected chi connectivity index (χ1v) is 9.77. The van der Waals surface area contributed by atoms with Crippen molar-refractivity contribution in [2.45, 2.75) is 45.3 Å². The summed E-state index contributed by atoms with van der Waals surface area (Å²) < 4.78 is 1.55. The van der Waals surface area contributed by atoms with Crippen LogP contribution in [0.1, 0.15) is 30.4 Å². The molecule has 1 saturated carbocycles. The number of fused-ring (bicyclic) bond motifs is 1. The molecule has 1 amide bonds. The van der Waals surface area contributed by atoms with Gasteiger partial charge >= 0.3 is 0 Å². The van der Waals surface area contributed by atoms with Crippen molar-refractivity contribution in [2.24, 2.45) is 0 Å². The number of hydrogen-bond donors (Lipinski definition) is 0. The van der Waals surface area contributed by atoms with Gasteiger partial charge in [-0.15, -0.1) is 11.3 Å². The van der Waals surface area contributed by atoms with E-state index in [0.717, 1.165) is 23.2 Å². The average Bonchev–Trinajstić information content (AvgIpc) is 3.36.